The maximum atomic E-state index is 12.3. The first kappa shape index (κ1) is 17.7. The molecular formula is C18H23N5O4. The highest BCUT2D eigenvalue weighted by molar-refractivity contribution is 5.76. The number of rotatable bonds is 8. The fourth-order valence-corrected chi connectivity index (χ4v) is 3.63. The van der Waals surface area contributed by atoms with Gasteiger partial charge >= 0.3 is 11.7 Å². The van der Waals surface area contributed by atoms with Crippen molar-refractivity contribution in [3.05, 3.63) is 34.9 Å². The largest absolute Gasteiger partial charge is 0.480 e. The van der Waals surface area contributed by atoms with Gasteiger partial charge in [0.15, 0.2) is 5.65 Å². The van der Waals surface area contributed by atoms with Crippen molar-refractivity contribution in [1.29, 1.82) is 0 Å². The van der Waals surface area contributed by atoms with Gasteiger partial charge < -0.3 is 10.4 Å². The molecule has 0 radical (unpaired) electrons. The van der Waals surface area contributed by atoms with E-state index in [1.807, 2.05) is 4.90 Å². The highest BCUT2D eigenvalue weighted by Crippen LogP contribution is 2.33. The van der Waals surface area contributed by atoms with E-state index >= 15 is 0 Å². The number of carboxylic acids is 1. The van der Waals surface area contributed by atoms with E-state index in [9.17, 15) is 14.4 Å². The van der Waals surface area contributed by atoms with Crippen molar-refractivity contribution in [3.8, 4) is 0 Å². The van der Waals surface area contributed by atoms with Crippen LogP contribution in [0.2, 0.25) is 0 Å². The molecular weight excluding hydrogens is 350 g/mol. The number of fused-ring (bicyclic) bond motifs is 1. The zero-order valence-electron chi connectivity index (χ0n) is 15.0. The van der Waals surface area contributed by atoms with Crippen molar-refractivity contribution < 1.29 is 14.7 Å². The summed E-state index contributed by atoms with van der Waals surface area (Å²) in [6.07, 6.45) is 5.46. The molecule has 27 heavy (non-hydrogen) atoms. The van der Waals surface area contributed by atoms with Gasteiger partial charge in [0.25, 0.3) is 0 Å². The molecule has 0 aromatic carbocycles. The molecule has 2 aliphatic carbocycles. The molecule has 2 heterocycles. The number of pyridine rings is 1. The van der Waals surface area contributed by atoms with E-state index < -0.39 is 5.97 Å². The van der Waals surface area contributed by atoms with E-state index in [1.54, 1.807) is 24.4 Å². The van der Waals surface area contributed by atoms with Gasteiger partial charge in [-0.15, -0.1) is 5.10 Å². The fourth-order valence-electron chi connectivity index (χ4n) is 3.63. The van der Waals surface area contributed by atoms with Crippen molar-refractivity contribution >= 4 is 17.5 Å². The van der Waals surface area contributed by atoms with Crippen LogP contribution in [0.1, 0.15) is 25.7 Å². The fraction of sp³-hybridized carbons (Fsp3) is 0.556. The van der Waals surface area contributed by atoms with Crippen molar-refractivity contribution in [2.45, 2.75) is 44.3 Å². The first-order valence-corrected chi connectivity index (χ1v) is 9.29. The van der Waals surface area contributed by atoms with Crippen molar-refractivity contribution in [2.24, 2.45) is 5.92 Å². The lowest BCUT2D eigenvalue weighted by Crippen LogP contribution is -2.55. The van der Waals surface area contributed by atoms with Crippen molar-refractivity contribution in [2.75, 3.05) is 13.1 Å². The van der Waals surface area contributed by atoms with Crippen LogP contribution >= 0.6 is 0 Å². The summed E-state index contributed by atoms with van der Waals surface area (Å²) in [5, 5.41) is 16.2. The molecule has 2 saturated carbocycles. The van der Waals surface area contributed by atoms with Gasteiger partial charge in [0.05, 0.1) is 6.54 Å². The average molecular weight is 373 g/mol. The summed E-state index contributed by atoms with van der Waals surface area (Å²) in [6, 6.07) is 5.45. The second kappa shape index (κ2) is 7.15. The summed E-state index contributed by atoms with van der Waals surface area (Å²) in [4.78, 5) is 37.6. The quantitative estimate of drug-likeness (QED) is 0.671. The lowest BCUT2D eigenvalue weighted by molar-refractivity contribution is -0.140. The Morgan fingerprint density at radius 2 is 2.07 bits per heavy atom. The summed E-state index contributed by atoms with van der Waals surface area (Å²) >= 11 is 0. The Labute approximate surface area is 155 Å². The van der Waals surface area contributed by atoms with E-state index in [0.29, 0.717) is 11.6 Å². The molecule has 0 aliphatic heterocycles. The zero-order valence-corrected chi connectivity index (χ0v) is 15.0. The van der Waals surface area contributed by atoms with Crippen LogP contribution in [0, 0.1) is 5.92 Å². The Kier molecular flexibility index (Phi) is 4.69. The number of carboxylic acid groups (broad SMARTS) is 1. The summed E-state index contributed by atoms with van der Waals surface area (Å²) in [5.41, 5.74) is 0.160. The predicted molar refractivity (Wildman–Crippen MR) is 96.3 cm³/mol. The Morgan fingerprint density at radius 1 is 1.30 bits per heavy atom. The average Bonchev–Trinajstić information content (AvgIpc) is 3.34. The summed E-state index contributed by atoms with van der Waals surface area (Å²) < 4.78 is 2.55. The van der Waals surface area contributed by atoms with Crippen LogP contribution in [-0.2, 0) is 16.1 Å². The third-order valence-electron chi connectivity index (χ3n) is 5.30. The SMILES string of the molecule is O=C(O)CN(CC1CC1)C1CC(NC(=O)Cn2nc3ccccn3c2=O)C1. The van der Waals surface area contributed by atoms with Gasteiger partial charge in [-0.2, -0.15) is 0 Å². The number of aromatic nitrogens is 3. The molecule has 2 aliphatic rings. The molecule has 2 aromatic rings. The van der Waals surface area contributed by atoms with Gasteiger partial charge in [-0.1, -0.05) is 6.07 Å². The highest BCUT2D eigenvalue weighted by atomic mass is 16.4. The standard InChI is InChI=1S/C18H23N5O4/c24-16(10-23-18(27)22-6-2-1-3-15(22)20-23)19-13-7-14(8-13)21(11-17(25)26)9-12-4-5-12/h1-3,6,12-14H,4-5,7-11H2,(H,19,24)(H,25,26). The van der Waals surface area contributed by atoms with Crippen LogP contribution in [0.3, 0.4) is 0 Å². The minimum Gasteiger partial charge on any atom is -0.480 e. The summed E-state index contributed by atoms with van der Waals surface area (Å²) in [5.74, 6) is -0.440. The number of hydrogen-bond acceptors (Lipinski definition) is 5. The van der Waals surface area contributed by atoms with Crippen molar-refractivity contribution in [3.63, 3.8) is 0 Å². The molecule has 0 atom stereocenters. The second-order valence-corrected chi connectivity index (χ2v) is 7.53. The van der Waals surface area contributed by atoms with Crippen LogP contribution in [0.4, 0.5) is 0 Å². The Hall–Kier alpha value is -2.68. The van der Waals surface area contributed by atoms with Gasteiger partial charge in [-0.3, -0.25) is 18.9 Å². The van der Waals surface area contributed by atoms with Crippen LogP contribution in [0.15, 0.2) is 29.2 Å². The molecule has 2 N–H and O–H groups in total. The number of carbonyl (C=O) groups excluding carboxylic acids is 1. The Balaban J connectivity index is 1.30. The molecule has 2 fully saturated rings. The minimum absolute atomic E-state index is 0.0192. The number of nitrogens with zero attached hydrogens (tertiary/aromatic N) is 4. The molecule has 4 rings (SSSR count). The van der Waals surface area contributed by atoms with Gasteiger partial charge in [0.1, 0.15) is 6.54 Å². The topological polar surface area (TPSA) is 109 Å². The zero-order chi connectivity index (χ0) is 19.0. The third kappa shape index (κ3) is 4.02. The maximum Gasteiger partial charge on any atom is 0.350 e. The second-order valence-electron chi connectivity index (χ2n) is 7.53. The lowest BCUT2D eigenvalue weighted by atomic mass is 9.85. The van der Waals surface area contributed by atoms with E-state index in [-0.39, 0.29) is 36.8 Å². The van der Waals surface area contributed by atoms with Crippen LogP contribution in [0.25, 0.3) is 5.65 Å². The molecule has 0 bridgehead atoms. The smallest absolute Gasteiger partial charge is 0.350 e. The first-order valence-electron chi connectivity index (χ1n) is 9.29. The normalized spacial score (nSPS) is 22.0. The predicted octanol–water partition coefficient (Wildman–Crippen LogP) is -0.0602. The van der Waals surface area contributed by atoms with Gasteiger partial charge in [-0.25, -0.2) is 9.48 Å². The van der Waals surface area contributed by atoms with E-state index in [1.165, 1.54) is 17.2 Å². The number of nitrogens with one attached hydrogen (secondary N) is 1. The third-order valence-corrected chi connectivity index (χ3v) is 5.30. The first-order chi connectivity index (χ1) is 13.0. The maximum absolute atomic E-state index is 12.3. The molecule has 2 aromatic heterocycles. The monoisotopic (exact) mass is 373 g/mol. The van der Waals surface area contributed by atoms with Crippen molar-refractivity contribution in [1.82, 2.24) is 24.4 Å². The molecule has 9 heteroatoms. The van der Waals surface area contributed by atoms with E-state index in [2.05, 4.69) is 10.4 Å². The lowest BCUT2D eigenvalue weighted by Gasteiger charge is -2.42. The highest BCUT2D eigenvalue weighted by Gasteiger charge is 2.37. The van der Waals surface area contributed by atoms with E-state index in [4.69, 9.17) is 5.11 Å². The van der Waals surface area contributed by atoms with Crippen LogP contribution in [0.5, 0.6) is 0 Å². The molecule has 0 unspecified atom stereocenters. The van der Waals surface area contributed by atoms with Gasteiger partial charge in [0.2, 0.25) is 5.91 Å². The molecule has 0 spiro atoms. The number of amides is 1. The molecule has 9 nitrogen and oxygen atoms in total. The van der Waals surface area contributed by atoms with E-state index in [0.717, 1.165) is 24.1 Å². The number of hydrogen-bond donors (Lipinski definition) is 2. The Morgan fingerprint density at radius 3 is 2.74 bits per heavy atom. The molecule has 1 amide bonds. The summed E-state index contributed by atoms with van der Waals surface area (Å²) in [6.45, 7) is 0.759. The van der Waals surface area contributed by atoms with Crippen LogP contribution in [-0.4, -0.2) is 61.2 Å². The van der Waals surface area contributed by atoms with Gasteiger partial charge in [-0.05, 0) is 43.7 Å². The van der Waals surface area contributed by atoms with Gasteiger partial charge in [0, 0.05) is 24.8 Å². The van der Waals surface area contributed by atoms with Crippen LogP contribution < -0.4 is 11.0 Å². The molecule has 144 valence electrons. The number of carbonyl (C=O) groups is 2. The number of aliphatic carboxylic acids is 1. The minimum atomic E-state index is -0.811. The Bertz CT molecular complexity index is 910. The summed E-state index contributed by atoms with van der Waals surface area (Å²) in [7, 11) is 0. The molecule has 0 saturated heterocycles.